The average molecular weight is 515 g/mol. The molecule has 0 amide bonds. The van der Waals surface area contributed by atoms with Crippen LogP contribution in [0.1, 0.15) is 12.8 Å². The van der Waals surface area contributed by atoms with E-state index in [4.69, 9.17) is 17.0 Å². The summed E-state index contributed by atoms with van der Waals surface area (Å²) in [6, 6.07) is 0. The van der Waals surface area contributed by atoms with Gasteiger partial charge in [-0.3, -0.25) is 0 Å². The predicted molar refractivity (Wildman–Crippen MR) is 78.8 cm³/mol. The summed E-state index contributed by atoms with van der Waals surface area (Å²) in [6.07, 6.45) is 15.2. The molecule has 0 unspecified atom stereocenters. The topological polar surface area (TPSA) is 0 Å². The molecule has 2 aliphatic carbocycles. The number of halogens is 4. The van der Waals surface area contributed by atoms with Crippen molar-refractivity contribution in [3.8, 4) is 0 Å². The first-order valence-corrected chi connectivity index (χ1v) is 24.9. The summed E-state index contributed by atoms with van der Waals surface area (Å²) >= 11 is -4.17. The van der Waals surface area contributed by atoms with Gasteiger partial charge in [0.1, 0.15) is 0 Å². The van der Waals surface area contributed by atoms with Crippen LogP contribution < -0.4 is 24.8 Å². The van der Waals surface area contributed by atoms with Gasteiger partial charge in [-0.15, -0.1) is 0 Å². The number of hydrogen-bond acceptors (Lipinski definition) is 0. The Hall–Kier alpha value is 1.89. The molecule has 2 aliphatic rings. The normalized spacial score (nSPS) is 16.4. The van der Waals surface area contributed by atoms with E-state index in [2.05, 4.69) is 42.8 Å². The van der Waals surface area contributed by atoms with Crippen LogP contribution in [-0.4, -0.2) is 0 Å². The molecular formula is C14H22Cl4Zr2. The van der Waals surface area contributed by atoms with E-state index in [1.165, 1.54) is 9.70 Å². The van der Waals surface area contributed by atoms with Crippen LogP contribution in [-0.2, 0) is 38.1 Å². The zero-order valence-electron chi connectivity index (χ0n) is 12.4. The molecule has 0 aromatic carbocycles. The van der Waals surface area contributed by atoms with Crippen LogP contribution in [0.4, 0.5) is 0 Å². The number of hydrogen-bond donors (Lipinski definition) is 0. The Bertz CT molecular complexity index is 417. The third-order valence-corrected chi connectivity index (χ3v) is 15.3. The number of allylic oxidation sites excluding steroid dienone is 8. The van der Waals surface area contributed by atoms with E-state index >= 15 is 0 Å². The van der Waals surface area contributed by atoms with Crippen molar-refractivity contribution in [3.05, 3.63) is 43.0 Å². The predicted octanol–water partition coefficient (Wildman–Crippen LogP) is 0.476. The summed E-state index contributed by atoms with van der Waals surface area (Å²) in [5.74, 6) is 0. The standard InChI is InChI=1S/2C5H5.4CH3.4ClH.2Zr/c2*1-2-4-5-3-1;;;;;;;;;;/h2*1-3H,4H2;4*1H3;4*1H;;/q;;;;;;;;;;2*+2/p-4. The molecule has 0 saturated heterocycles. The van der Waals surface area contributed by atoms with Gasteiger partial charge in [0, 0.05) is 0 Å². The van der Waals surface area contributed by atoms with Gasteiger partial charge in [-0.1, -0.05) is 0 Å². The van der Waals surface area contributed by atoms with E-state index in [1.54, 1.807) is 3.28 Å². The Morgan fingerprint density at radius 1 is 0.900 bits per heavy atom. The van der Waals surface area contributed by atoms with Crippen LogP contribution in [0.5, 0.6) is 0 Å². The molecule has 0 nitrogen and oxygen atoms in total. The SMILES string of the molecule is [CH3][Zr+2]([CH3])([CH3])([CH3])[C]1=CC=CC1.[Cl-].[Cl-].[Cl][Zr]([Cl])[C]1=CC=CC1. The van der Waals surface area contributed by atoms with Crippen molar-refractivity contribution in [2.75, 3.05) is 0 Å². The van der Waals surface area contributed by atoms with E-state index in [0.29, 0.717) is 0 Å². The third-order valence-electron chi connectivity index (χ3n) is 3.07. The summed E-state index contributed by atoms with van der Waals surface area (Å²) in [5.41, 5.74) is 0. The van der Waals surface area contributed by atoms with Gasteiger partial charge in [-0.25, -0.2) is 0 Å². The maximum absolute atomic E-state index is 5.74. The van der Waals surface area contributed by atoms with Crippen molar-refractivity contribution in [1.82, 2.24) is 0 Å². The van der Waals surface area contributed by atoms with Gasteiger partial charge in [-0.2, -0.15) is 0 Å². The van der Waals surface area contributed by atoms with Crippen molar-refractivity contribution in [2.24, 2.45) is 0 Å². The van der Waals surface area contributed by atoms with Crippen molar-refractivity contribution >= 4 is 17.0 Å². The molecule has 20 heavy (non-hydrogen) atoms. The summed E-state index contributed by atoms with van der Waals surface area (Å²) in [7, 11) is 11.5. The monoisotopic (exact) mass is 510 g/mol. The van der Waals surface area contributed by atoms with E-state index in [9.17, 15) is 0 Å². The molecule has 114 valence electrons. The second kappa shape index (κ2) is 9.90. The van der Waals surface area contributed by atoms with Crippen LogP contribution in [0.15, 0.2) is 43.0 Å². The molecule has 0 aliphatic heterocycles. The van der Waals surface area contributed by atoms with Crippen molar-refractivity contribution in [2.45, 2.75) is 31.4 Å². The zero-order chi connectivity index (χ0) is 13.8. The Kier molecular flexibility index (Phi) is 11.9. The van der Waals surface area contributed by atoms with Gasteiger partial charge in [0.2, 0.25) is 0 Å². The van der Waals surface area contributed by atoms with Crippen molar-refractivity contribution in [3.63, 3.8) is 0 Å². The fourth-order valence-electron chi connectivity index (χ4n) is 1.78. The molecule has 0 spiro atoms. The average Bonchev–Trinajstić information content (AvgIpc) is 2.91. The molecule has 0 atom stereocenters. The zero-order valence-corrected chi connectivity index (χ0v) is 20.3. The van der Waals surface area contributed by atoms with Gasteiger partial charge < -0.3 is 24.8 Å². The molecule has 0 bridgehead atoms. The van der Waals surface area contributed by atoms with E-state index in [1.807, 2.05) is 12.2 Å². The first kappa shape index (κ1) is 24.1. The number of rotatable bonds is 2. The van der Waals surface area contributed by atoms with E-state index < -0.39 is 38.1 Å². The van der Waals surface area contributed by atoms with E-state index in [0.717, 1.165) is 6.42 Å². The summed E-state index contributed by atoms with van der Waals surface area (Å²) in [6.45, 7) is 0. The molecule has 0 aromatic heterocycles. The van der Waals surface area contributed by atoms with Gasteiger partial charge in [0.15, 0.2) is 0 Å². The maximum atomic E-state index is 5.74. The first-order valence-electron chi connectivity index (χ1n) is 6.31. The quantitative estimate of drug-likeness (QED) is 0.503. The second-order valence-electron chi connectivity index (χ2n) is 6.91. The van der Waals surface area contributed by atoms with Crippen LogP contribution >= 0.6 is 17.0 Å². The van der Waals surface area contributed by atoms with Crippen LogP contribution in [0.3, 0.4) is 0 Å². The molecule has 0 fully saturated rings. The Morgan fingerprint density at radius 2 is 1.40 bits per heavy atom. The van der Waals surface area contributed by atoms with E-state index in [-0.39, 0.29) is 24.8 Å². The van der Waals surface area contributed by atoms with Crippen LogP contribution in [0.25, 0.3) is 0 Å². The van der Waals surface area contributed by atoms with Crippen LogP contribution in [0.2, 0.25) is 18.5 Å². The minimum atomic E-state index is -2.20. The summed E-state index contributed by atoms with van der Waals surface area (Å²) in [5, 5.41) is 0. The molecule has 0 aromatic rings. The van der Waals surface area contributed by atoms with Crippen molar-refractivity contribution in [1.29, 1.82) is 0 Å². The molecule has 0 heterocycles. The first-order chi connectivity index (χ1) is 8.17. The summed E-state index contributed by atoms with van der Waals surface area (Å²) < 4.78 is 13.0. The van der Waals surface area contributed by atoms with Gasteiger partial charge in [-0.05, 0) is 0 Å². The molecule has 0 radical (unpaired) electrons. The second-order valence-corrected chi connectivity index (χ2v) is 36.6. The summed E-state index contributed by atoms with van der Waals surface area (Å²) in [4.78, 5) is 0. The Labute approximate surface area is 152 Å². The fourth-order valence-corrected chi connectivity index (χ4v) is 8.82. The van der Waals surface area contributed by atoms with Crippen LogP contribution in [0, 0.1) is 0 Å². The molecule has 0 saturated carbocycles. The fraction of sp³-hybridized carbons (Fsp3) is 0.429. The molecule has 6 heteroatoms. The third kappa shape index (κ3) is 9.12. The Morgan fingerprint density at radius 3 is 1.60 bits per heavy atom. The Balaban J connectivity index is 0. The van der Waals surface area contributed by atoms with Gasteiger partial charge >= 0.3 is 130 Å². The van der Waals surface area contributed by atoms with Gasteiger partial charge in [0.05, 0.1) is 0 Å². The molecule has 0 N–H and O–H groups in total. The van der Waals surface area contributed by atoms with Gasteiger partial charge in [0.25, 0.3) is 0 Å². The minimum absolute atomic E-state index is 0. The molecular weight excluding hydrogens is 492 g/mol. The van der Waals surface area contributed by atoms with Crippen molar-refractivity contribution < 1.29 is 63.0 Å². The molecule has 2 rings (SSSR count).